The van der Waals surface area contributed by atoms with Crippen molar-refractivity contribution in [2.45, 2.75) is 58.8 Å². The summed E-state index contributed by atoms with van der Waals surface area (Å²) in [4.78, 5) is 37.4. The Morgan fingerprint density at radius 1 is 1.31 bits per heavy atom. The summed E-state index contributed by atoms with van der Waals surface area (Å²) >= 11 is 0. The molecule has 1 aliphatic carbocycles. The van der Waals surface area contributed by atoms with Gasteiger partial charge in [0.05, 0.1) is 11.8 Å². The van der Waals surface area contributed by atoms with Crippen molar-refractivity contribution in [1.29, 1.82) is 0 Å². The molecule has 2 rings (SSSR count). The molecule has 26 heavy (non-hydrogen) atoms. The smallest absolute Gasteiger partial charge is 0.226 e. The van der Waals surface area contributed by atoms with Gasteiger partial charge in [-0.15, -0.1) is 0 Å². The van der Waals surface area contributed by atoms with Crippen molar-refractivity contribution in [3.63, 3.8) is 0 Å². The molecule has 3 N–H and O–H groups in total. The number of primary amides is 1. The van der Waals surface area contributed by atoms with Gasteiger partial charge < -0.3 is 16.0 Å². The predicted octanol–water partition coefficient (Wildman–Crippen LogP) is 1.99. The van der Waals surface area contributed by atoms with Crippen LogP contribution in [0.5, 0.6) is 0 Å². The first-order valence-electron chi connectivity index (χ1n) is 9.98. The van der Waals surface area contributed by atoms with E-state index in [9.17, 15) is 14.4 Å². The second-order valence-corrected chi connectivity index (χ2v) is 7.65. The topological polar surface area (TPSA) is 92.5 Å². The average Bonchev–Trinajstić information content (AvgIpc) is 3.44. The number of nitrogens with two attached hydrogens (primary N) is 1. The van der Waals surface area contributed by atoms with Crippen LogP contribution in [-0.2, 0) is 14.4 Å². The number of amides is 3. The summed E-state index contributed by atoms with van der Waals surface area (Å²) < 4.78 is 0. The number of nitrogens with zero attached hydrogens (tertiary/aromatic N) is 1. The van der Waals surface area contributed by atoms with Crippen LogP contribution in [0, 0.1) is 17.8 Å². The van der Waals surface area contributed by atoms with E-state index in [0.29, 0.717) is 38.4 Å². The summed E-state index contributed by atoms with van der Waals surface area (Å²) in [5, 5.41) is 3.02. The number of rotatable bonds is 10. The maximum atomic E-state index is 12.3. The normalized spacial score (nSPS) is 23.2. The van der Waals surface area contributed by atoms with Gasteiger partial charge in [-0.25, -0.2) is 0 Å². The molecule has 0 spiro atoms. The van der Waals surface area contributed by atoms with Crippen LogP contribution >= 0.6 is 0 Å². The van der Waals surface area contributed by atoms with Crippen molar-refractivity contribution in [2.75, 3.05) is 19.6 Å². The van der Waals surface area contributed by atoms with E-state index in [1.54, 1.807) is 4.90 Å². The Bertz CT molecular complexity index is 559. The van der Waals surface area contributed by atoms with Crippen LogP contribution in [0.15, 0.2) is 11.6 Å². The minimum Gasteiger partial charge on any atom is -0.369 e. The summed E-state index contributed by atoms with van der Waals surface area (Å²) in [7, 11) is 0. The molecule has 1 heterocycles. The third-order valence-electron chi connectivity index (χ3n) is 5.62. The van der Waals surface area contributed by atoms with Crippen molar-refractivity contribution >= 4 is 17.7 Å². The molecule has 0 bridgehead atoms. The third kappa shape index (κ3) is 5.85. The van der Waals surface area contributed by atoms with Gasteiger partial charge in [0.15, 0.2) is 0 Å². The van der Waals surface area contributed by atoms with Crippen molar-refractivity contribution in [2.24, 2.45) is 23.5 Å². The molecule has 6 heteroatoms. The van der Waals surface area contributed by atoms with Crippen molar-refractivity contribution in [3.05, 3.63) is 11.6 Å². The van der Waals surface area contributed by atoms with Crippen LogP contribution in [0.4, 0.5) is 0 Å². The predicted molar refractivity (Wildman–Crippen MR) is 101 cm³/mol. The highest BCUT2D eigenvalue weighted by atomic mass is 16.2. The zero-order chi connectivity index (χ0) is 19.1. The highest BCUT2D eigenvalue weighted by Gasteiger charge is 2.48. The fourth-order valence-corrected chi connectivity index (χ4v) is 3.58. The maximum absolute atomic E-state index is 12.3. The van der Waals surface area contributed by atoms with Gasteiger partial charge in [-0.2, -0.15) is 0 Å². The number of hydrogen-bond acceptors (Lipinski definition) is 3. The Hall–Kier alpha value is -1.85. The van der Waals surface area contributed by atoms with Crippen molar-refractivity contribution < 1.29 is 14.4 Å². The van der Waals surface area contributed by atoms with Gasteiger partial charge in [0.1, 0.15) is 0 Å². The fraction of sp³-hybridized carbons (Fsp3) is 0.750. The molecule has 2 aliphatic rings. The van der Waals surface area contributed by atoms with Gasteiger partial charge in [0.25, 0.3) is 0 Å². The number of carbonyl (C=O) groups excluding carboxylic acids is 3. The average molecular weight is 364 g/mol. The summed E-state index contributed by atoms with van der Waals surface area (Å²) in [5.74, 6) is -0.226. The largest absolute Gasteiger partial charge is 0.369 e. The Morgan fingerprint density at radius 2 is 2.08 bits per heavy atom. The van der Waals surface area contributed by atoms with E-state index in [-0.39, 0.29) is 29.6 Å². The van der Waals surface area contributed by atoms with Gasteiger partial charge >= 0.3 is 0 Å². The number of carbonyl (C=O) groups is 3. The number of hydrogen-bond donors (Lipinski definition) is 2. The molecule has 0 saturated heterocycles. The van der Waals surface area contributed by atoms with Crippen LogP contribution in [0.3, 0.4) is 0 Å². The van der Waals surface area contributed by atoms with Crippen LogP contribution in [-0.4, -0.2) is 42.3 Å². The molecule has 1 saturated carbocycles. The lowest BCUT2D eigenvalue weighted by Gasteiger charge is -2.27. The molecule has 1 fully saturated rings. The Labute approximate surface area is 156 Å². The van der Waals surface area contributed by atoms with Gasteiger partial charge in [0, 0.05) is 26.1 Å². The summed E-state index contributed by atoms with van der Waals surface area (Å²) in [6.45, 7) is 6.09. The van der Waals surface area contributed by atoms with Crippen LogP contribution < -0.4 is 11.1 Å². The highest BCUT2D eigenvalue weighted by molar-refractivity contribution is 5.91. The SMILES string of the molecule is CCCCC(CC)CC(=O)NCC1=CCN(C(=O)[C@@H]2C[C@@H]2C(N)=O)CC1. The molecule has 0 aromatic heterocycles. The number of nitrogens with one attached hydrogen (secondary N) is 1. The minimum atomic E-state index is -0.372. The van der Waals surface area contributed by atoms with E-state index in [2.05, 4.69) is 19.2 Å². The molecule has 0 aromatic rings. The summed E-state index contributed by atoms with van der Waals surface area (Å²) in [6, 6.07) is 0. The van der Waals surface area contributed by atoms with Crippen LogP contribution in [0.1, 0.15) is 58.8 Å². The monoisotopic (exact) mass is 363 g/mol. The van der Waals surface area contributed by atoms with Gasteiger partial charge in [-0.05, 0) is 25.2 Å². The fourth-order valence-electron chi connectivity index (χ4n) is 3.58. The van der Waals surface area contributed by atoms with Crippen molar-refractivity contribution in [1.82, 2.24) is 10.2 Å². The van der Waals surface area contributed by atoms with Gasteiger partial charge in [-0.3, -0.25) is 14.4 Å². The lowest BCUT2D eigenvalue weighted by Crippen LogP contribution is -2.38. The maximum Gasteiger partial charge on any atom is 0.226 e. The first-order valence-corrected chi connectivity index (χ1v) is 9.98. The Balaban J connectivity index is 1.70. The van der Waals surface area contributed by atoms with Crippen LogP contribution in [0.25, 0.3) is 0 Å². The minimum absolute atomic E-state index is 0.0369. The Morgan fingerprint density at radius 3 is 2.62 bits per heavy atom. The van der Waals surface area contributed by atoms with Crippen LogP contribution in [0.2, 0.25) is 0 Å². The zero-order valence-electron chi connectivity index (χ0n) is 16.1. The highest BCUT2D eigenvalue weighted by Crippen LogP contribution is 2.39. The quantitative estimate of drug-likeness (QED) is 0.581. The molecule has 1 aliphatic heterocycles. The molecular weight excluding hydrogens is 330 g/mol. The Kier molecular flexibility index (Phi) is 7.66. The molecule has 146 valence electrons. The van der Waals surface area contributed by atoms with Gasteiger partial charge in [0.2, 0.25) is 17.7 Å². The molecule has 0 aromatic carbocycles. The molecule has 1 unspecified atom stereocenters. The zero-order valence-corrected chi connectivity index (χ0v) is 16.1. The first-order chi connectivity index (χ1) is 12.5. The van der Waals surface area contributed by atoms with Crippen molar-refractivity contribution in [3.8, 4) is 0 Å². The third-order valence-corrected chi connectivity index (χ3v) is 5.62. The van der Waals surface area contributed by atoms with E-state index in [1.165, 1.54) is 18.4 Å². The molecule has 6 nitrogen and oxygen atoms in total. The van der Waals surface area contributed by atoms with E-state index in [1.807, 2.05) is 6.08 Å². The molecule has 0 radical (unpaired) electrons. The standard InChI is InChI=1S/C20H33N3O3/c1-3-5-6-14(4-2)11-18(24)22-13-15-7-9-23(10-8-15)20(26)17-12-16(17)19(21)25/h7,14,16-17H,3-6,8-13H2,1-2H3,(H2,21,25)(H,22,24)/t14?,16-,17+/m0/s1. The van der Waals surface area contributed by atoms with E-state index >= 15 is 0 Å². The molecular formula is C20H33N3O3. The van der Waals surface area contributed by atoms with Gasteiger partial charge in [-0.1, -0.05) is 44.8 Å². The lowest BCUT2D eigenvalue weighted by atomic mass is 9.95. The molecule has 3 amide bonds. The van der Waals surface area contributed by atoms with E-state index < -0.39 is 0 Å². The lowest BCUT2D eigenvalue weighted by molar-refractivity contribution is -0.134. The number of unbranched alkanes of at least 4 members (excludes halogenated alkanes) is 1. The second kappa shape index (κ2) is 9.74. The summed E-state index contributed by atoms with van der Waals surface area (Å²) in [5.41, 5.74) is 6.43. The molecule has 3 atom stereocenters. The summed E-state index contributed by atoms with van der Waals surface area (Å²) in [6.07, 6.45) is 8.50. The van der Waals surface area contributed by atoms with E-state index in [4.69, 9.17) is 5.73 Å². The second-order valence-electron chi connectivity index (χ2n) is 7.65. The van der Waals surface area contributed by atoms with E-state index in [0.717, 1.165) is 19.3 Å². The first kappa shape index (κ1) is 20.5.